The first-order chi connectivity index (χ1) is 9.59. The van der Waals surface area contributed by atoms with Gasteiger partial charge in [0.25, 0.3) is 0 Å². The van der Waals surface area contributed by atoms with Crippen LogP contribution in [0.4, 0.5) is 0 Å². The number of hydrogen-bond donors (Lipinski definition) is 1. The molecule has 0 bridgehead atoms. The monoisotopic (exact) mass is 278 g/mol. The first kappa shape index (κ1) is 14.8. The second-order valence-electron chi connectivity index (χ2n) is 8.32. The molecule has 0 aromatic carbocycles. The van der Waals surface area contributed by atoms with Gasteiger partial charge >= 0.3 is 0 Å². The van der Waals surface area contributed by atoms with Gasteiger partial charge in [-0.3, -0.25) is 4.90 Å². The van der Waals surface area contributed by atoms with Crippen molar-refractivity contribution in [3.63, 3.8) is 0 Å². The highest BCUT2D eigenvalue weighted by Crippen LogP contribution is 2.49. The lowest BCUT2D eigenvalue weighted by molar-refractivity contribution is -0.0201. The number of rotatable bonds is 2. The molecular formula is C18H34N2. The number of nitrogens with zero attached hydrogens (tertiary/aromatic N) is 1. The smallest absolute Gasteiger partial charge is 0.0334 e. The van der Waals surface area contributed by atoms with Crippen molar-refractivity contribution in [3.8, 4) is 0 Å². The summed E-state index contributed by atoms with van der Waals surface area (Å²) in [5.74, 6) is 1.73. The third kappa shape index (κ3) is 2.54. The van der Waals surface area contributed by atoms with Crippen LogP contribution >= 0.6 is 0 Å². The Morgan fingerprint density at radius 2 is 1.60 bits per heavy atom. The quantitative estimate of drug-likeness (QED) is 0.832. The van der Waals surface area contributed by atoms with Gasteiger partial charge in [0, 0.05) is 12.1 Å². The molecular weight excluding hydrogens is 244 g/mol. The molecule has 3 unspecified atom stereocenters. The highest BCUT2D eigenvalue weighted by Gasteiger charge is 2.45. The summed E-state index contributed by atoms with van der Waals surface area (Å²) in [5.41, 5.74) is 7.36. The maximum atomic E-state index is 6.28. The third-order valence-corrected chi connectivity index (χ3v) is 7.28. The molecule has 3 rings (SSSR count). The topological polar surface area (TPSA) is 29.3 Å². The largest absolute Gasteiger partial charge is 0.329 e. The Bertz CT molecular complexity index is 324. The first-order valence-corrected chi connectivity index (χ1v) is 9.04. The van der Waals surface area contributed by atoms with E-state index in [2.05, 4.69) is 18.7 Å². The Labute approximate surface area is 125 Å². The SMILES string of the molecule is CC1CCC(CN)(N2CCC3(CCCC3)CC2)CC1C. The zero-order chi connectivity index (χ0) is 14.2. The molecule has 0 aromatic rings. The third-order valence-electron chi connectivity index (χ3n) is 7.28. The van der Waals surface area contributed by atoms with Gasteiger partial charge in [0.2, 0.25) is 0 Å². The van der Waals surface area contributed by atoms with Crippen LogP contribution in [-0.2, 0) is 0 Å². The number of nitrogens with two attached hydrogens (primary N) is 1. The molecule has 2 heteroatoms. The number of likely N-dealkylation sites (tertiary alicyclic amines) is 1. The first-order valence-electron chi connectivity index (χ1n) is 9.04. The van der Waals surface area contributed by atoms with Crippen molar-refractivity contribution >= 4 is 0 Å². The van der Waals surface area contributed by atoms with Crippen LogP contribution in [0, 0.1) is 17.3 Å². The highest BCUT2D eigenvalue weighted by molar-refractivity contribution is 5.01. The molecule has 1 heterocycles. The zero-order valence-electron chi connectivity index (χ0n) is 13.7. The normalized spacial score (nSPS) is 42.1. The molecule has 3 aliphatic rings. The van der Waals surface area contributed by atoms with Gasteiger partial charge in [-0.25, -0.2) is 0 Å². The van der Waals surface area contributed by atoms with Gasteiger partial charge in [-0.2, -0.15) is 0 Å². The maximum Gasteiger partial charge on any atom is 0.0334 e. The van der Waals surface area contributed by atoms with Crippen LogP contribution in [0.25, 0.3) is 0 Å². The Hall–Kier alpha value is -0.0800. The lowest BCUT2D eigenvalue weighted by Gasteiger charge is -2.53. The number of hydrogen-bond acceptors (Lipinski definition) is 2. The van der Waals surface area contributed by atoms with Crippen molar-refractivity contribution in [1.82, 2.24) is 4.90 Å². The van der Waals surface area contributed by atoms with Crippen molar-refractivity contribution in [3.05, 3.63) is 0 Å². The van der Waals surface area contributed by atoms with Gasteiger partial charge in [0.15, 0.2) is 0 Å². The standard InChI is InChI=1S/C18H34N2/c1-15-5-8-18(14-19,13-16(15)2)20-11-9-17(10-12-20)6-3-4-7-17/h15-16H,3-14,19H2,1-2H3. The zero-order valence-corrected chi connectivity index (χ0v) is 13.7. The lowest BCUT2D eigenvalue weighted by Crippen LogP contribution is -2.59. The van der Waals surface area contributed by atoms with Gasteiger partial charge in [-0.05, 0) is 75.3 Å². The predicted octanol–water partition coefficient (Wildman–Crippen LogP) is 3.80. The van der Waals surface area contributed by atoms with Gasteiger partial charge in [-0.1, -0.05) is 26.7 Å². The minimum absolute atomic E-state index is 0.339. The maximum absolute atomic E-state index is 6.28. The van der Waals surface area contributed by atoms with E-state index in [1.54, 1.807) is 0 Å². The summed E-state index contributed by atoms with van der Waals surface area (Å²) in [6.45, 7) is 8.37. The summed E-state index contributed by atoms with van der Waals surface area (Å²) in [5, 5.41) is 0. The summed E-state index contributed by atoms with van der Waals surface area (Å²) in [7, 11) is 0. The average molecular weight is 278 g/mol. The fourth-order valence-corrected chi connectivity index (χ4v) is 5.37. The van der Waals surface area contributed by atoms with E-state index in [1.165, 1.54) is 70.9 Å². The van der Waals surface area contributed by atoms with Gasteiger partial charge in [0.05, 0.1) is 0 Å². The Balaban J connectivity index is 1.66. The molecule has 2 N–H and O–H groups in total. The molecule has 0 amide bonds. The lowest BCUT2D eigenvalue weighted by atomic mass is 9.68. The molecule has 2 aliphatic carbocycles. The summed E-state index contributed by atoms with van der Waals surface area (Å²) in [6.07, 6.45) is 12.9. The molecule has 0 radical (unpaired) electrons. The summed E-state index contributed by atoms with van der Waals surface area (Å²) < 4.78 is 0. The van der Waals surface area contributed by atoms with Crippen molar-refractivity contribution in [2.75, 3.05) is 19.6 Å². The number of piperidine rings is 1. The van der Waals surface area contributed by atoms with E-state index in [4.69, 9.17) is 5.73 Å². The minimum atomic E-state index is 0.339. The Morgan fingerprint density at radius 1 is 0.950 bits per heavy atom. The Kier molecular flexibility index (Phi) is 4.16. The fourth-order valence-electron chi connectivity index (χ4n) is 5.37. The minimum Gasteiger partial charge on any atom is -0.329 e. The van der Waals surface area contributed by atoms with E-state index >= 15 is 0 Å². The highest BCUT2D eigenvalue weighted by atomic mass is 15.2. The predicted molar refractivity (Wildman–Crippen MR) is 85.7 cm³/mol. The van der Waals surface area contributed by atoms with Crippen LogP contribution < -0.4 is 5.73 Å². The van der Waals surface area contributed by atoms with Gasteiger partial charge in [-0.15, -0.1) is 0 Å². The Morgan fingerprint density at radius 3 is 2.15 bits per heavy atom. The van der Waals surface area contributed by atoms with Crippen LogP contribution in [0.1, 0.15) is 71.6 Å². The van der Waals surface area contributed by atoms with E-state index in [0.717, 1.165) is 23.8 Å². The molecule has 2 nitrogen and oxygen atoms in total. The van der Waals surface area contributed by atoms with Crippen LogP contribution in [0.5, 0.6) is 0 Å². The molecule has 3 fully saturated rings. The van der Waals surface area contributed by atoms with Crippen molar-refractivity contribution in [2.24, 2.45) is 23.0 Å². The molecule has 1 saturated heterocycles. The van der Waals surface area contributed by atoms with Crippen LogP contribution in [0.2, 0.25) is 0 Å². The average Bonchev–Trinajstić information content (AvgIpc) is 2.91. The molecule has 1 spiro atoms. The molecule has 2 saturated carbocycles. The van der Waals surface area contributed by atoms with Crippen LogP contribution in [-0.4, -0.2) is 30.1 Å². The molecule has 116 valence electrons. The van der Waals surface area contributed by atoms with Gasteiger partial charge < -0.3 is 5.73 Å². The van der Waals surface area contributed by atoms with Crippen LogP contribution in [0.3, 0.4) is 0 Å². The van der Waals surface area contributed by atoms with E-state index in [0.29, 0.717) is 5.54 Å². The second-order valence-corrected chi connectivity index (χ2v) is 8.32. The summed E-state index contributed by atoms with van der Waals surface area (Å²) in [6, 6.07) is 0. The van der Waals surface area contributed by atoms with Crippen molar-refractivity contribution in [2.45, 2.75) is 77.2 Å². The molecule has 0 aromatic heterocycles. The summed E-state index contributed by atoms with van der Waals surface area (Å²) in [4.78, 5) is 2.80. The molecule has 3 atom stereocenters. The van der Waals surface area contributed by atoms with Crippen molar-refractivity contribution in [1.29, 1.82) is 0 Å². The molecule has 20 heavy (non-hydrogen) atoms. The van der Waals surface area contributed by atoms with E-state index < -0.39 is 0 Å². The van der Waals surface area contributed by atoms with E-state index in [9.17, 15) is 0 Å². The molecule has 1 aliphatic heterocycles. The second kappa shape index (κ2) is 5.61. The van der Waals surface area contributed by atoms with Crippen LogP contribution in [0.15, 0.2) is 0 Å². The van der Waals surface area contributed by atoms with Gasteiger partial charge in [0.1, 0.15) is 0 Å². The fraction of sp³-hybridized carbons (Fsp3) is 1.00. The van der Waals surface area contributed by atoms with E-state index in [-0.39, 0.29) is 0 Å². The summed E-state index contributed by atoms with van der Waals surface area (Å²) >= 11 is 0. The van der Waals surface area contributed by atoms with Crippen molar-refractivity contribution < 1.29 is 0 Å². The van der Waals surface area contributed by atoms with E-state index in [1.807, 2.05) is 0 Å².